The Morgan fingerprint density at radius 1 is 1.00 bits per heavy atom. The molecule has 0 aromatic heterocycles. The molecule has 1 heterocycles. The number of hydrogen-bond donors (Lipinski definition) is 2. The number of nitrogens with one attached hydrogen (secondary N) is 1. The fourth-order valence-corrected chi connectivity index (χ4v) is 3.34. The van der Waals surface area contributed by atoms with Gasteiger partial charge in [-0.3, -0.25) is 10.3 Å². The average Bonchev–Trinajstić information content (AvgIpc) is 2.64. The van der Waals surface area contributed by atoms with Crippen LogP contribution >= 0.6 is 0 Å². The van der Waals surface area contributed by atoms with Gasteiger partial charge in [-0.25, -0.2) is 0 Å². The molecule has 0 saturated carbocycles. The highest BCUT2D eigenvalue weighted by Crippen LogP contribution is 2.22. The molecule has 5 heteroatoms. The molecule has 0 unspecified atom stereocenters. The largest absolute Gasteiger partial charge is 0.507 e. The highest BCUT2D eigenvalue weighted by Gasteiger charge is 2.21. The molecule has 26 heavy (non-hydrogen) atoms. The van der Waals surface area contributed by atoms with Gasteiger partial charge in [0.05, 0.1) is 5.56 Å². The van der Waals surface area contributed by atoms with E-state index in [4.69, 9.17) is 10.1 Å². The molecule has 1 fully saturated rings. The zero-order chi connectivity index (χ0) is 18.5. The highest BCUT2D eigenvalue weighted by atomic mass is 16.5. The molecule has 0 atom stereocenters. The lowest BCUT2D eigenvalue weighted by atomic mass is 10.1. The number of phenolic OH excluding ortho intramolecular Hbond substituents is 1. The number of aryl methyl sites for hydroxylation is 2. The van der Waals surface area contributed by atoms with Crippen LogP contribution < -0.4 is 4.74 Å². The van der Waals surface area contributed by atoms with E-state index in [1.54, 1.807) is 18.2 Å². The van der Waals surface area contributed by atoms with E-state index in [9.17, 15) is 5.11 Å². The summed E-state index contributed by atoms with van der Waals surface area (Å²) in [5.74, 6) is 1.56. The van der Waals surface area contributed by atoms with Crippen LogP contribution in [0.2, 0.25) is 0 Å². The summed E-state index contributed by atoms with van der Waals surface area (Å²) >= 11 is 0. The Morgan fingerprint density at radius 2 is 1.65 bits per heavy atom. The maximum atomic E-state index is 9.94. The Morgan fingerprint density at radius 3 is 2.31 bits per heavy atom. The Kier molecular flexibility index (Phi) is 5.78. The van der Waals surface area contributed by atoms with Gasteiger partial charge >= 0.3 is 0 Å². The van der Waals surface area contributed by atoms with Crippen molar-refractivity contribution < 1.29 is 9.84 Å². The van der Waals surface area contributed by atoms with E-state index >= 15 is 0 Å². The number of benzene rings is 2. The number of amidine groups is 1. The molecule has 0 amide bonds. The first-order valence-electron chi connectivity index (χ1n) is 9.09. The van der Waals surface area contributed by atoms with Gasteiger partial charge in [0.25, 0.3) is 0 Å². The van der Waals surface area contributed by atoms with E-state index in [0.29, 0.717) is 18.0 Å². The Labute approximate surface area is 155 Å². The average molecular weight is 353 g/mol. The number of para-hydroxylation sites is 2. The van der Waals surface area contributed by atoms with Crippen LogP contribution in [0.1, 0.15) is 16.7 Å². The second kappa shape index (κ2) is 8.23. The van der Waals surface area contributed by atoms with Gasteiger partial charge in [-0.05, 0) is 37.1 Å². The van der Waals surface area contributed by atoms with Gasteiger partial charge in [0, 0.05) is 32.7 Å². The number of piperazine rings is 1. The molecule has 0 bridgehead atoms. The minimum atomic E-state index is 0.168. The molecule has 1 aliphatic heterocycles. The minimum absolute atomic E-state index is 0.168. The Balaban J connectivity index is 1.47. The Bertz CT molecular complexity index is 747. The van der Waals surface area contributed by atoms with Gasteiger partial charge in [-0.15, -0.1) is 0 Å². The van der Waals surface area contributed by atoms with Gasteiger partial charge < -0.3 is 14.7 Å². The summed E-state index contributed by atoms with van der Waals surface area (Å²) in [7, 11) is 0. The normalized spacial score (nSPS) is 15.1. The van der Waals surface area contributed by atoms with Gasteiger partial charge in [-0.2, -0.15) is 0 Å². The van der Waals surface area contributed by atoms with Crippen LogP contribution in [0, 0.1) is 19.3 Å². The van der Waals surface area contributed by atoms with Crippen LogP contribution in [-0.2, 0) is 0 Å². The van der Waals surface area contributed by atoms with E-state index in [0.717, 1.165) is 38.5 Å². The van der Waals surface area contributed by atoms with Crippen molar-refractivity contribution in [2.75, 3.05) is 39.3 Å². The van der Waals surface area contributed by atoms with Gasteiger partial charge in [0.2, 0.25) is 0 Å². The lowest BCUT2D eigenvalue weighted by Crippen LogP contribution is -2.49. The summed E-state index contributed by atoms with van der Waals surface area (Å²) in [5, 5.41) is 18.3. The second-order valence-corrected chi connectivity index (χ2v) is 6.76. The van der Waals surface area contributed by atoms with Gasteiger partial charge in [-0.1, -0.05) is 30.3 Å². The first kappa shape index (κ1) is 18.3. The molecule has 1 saturated heterocycles. The summed E-state index contributed by atoms with van der Waals surface area (Å²) < 4.78 is 6.00. The molecule has 0 aliphatic carbocycles. The lowest BCUT2D eigenvalue weighted by Gasteiger charge is -2.36. The third-order valence-corrected chi connectivity index (χ3v) is 4.91. The molecule has 5 nitrogen and oxygen atoms in total. The predicted octanol–water partition coefficient (Wildman–Crippen LogP) is 3.03. The van der Waals surface area contributed by atoms with Crippen molar-refractivity contribution in [2.24, 2.45) is 0 Å². The number of phenols is 1. The van der Waals surface area contributed by atoms with Crippen LogP contribution in [0.15, 0.2) is 42.5 Å². The van der Waals surface area contributed by atoms with Crippen LogP contribution in [0.3, 0.4) is 0 Å². The first-order valence-corrected chi connectivity index (χ1v) is 9.09. The van der Waals surface area contributed by atoms with Crippen LogP contribution in [0.4, 0.5) is 0 Å². The molecule has 2 aromatic rings. The van der Waals surface area contributed by atoms with Crippen LogP contribution in [0.25, 0.3) is 0 Å². The molecule has 3 rings (SSSR count). The fourth-order valence-electron chi connectivity index (χ4n) is 3.34. The summed E-state index contributed by atoms with van der Waals surface area (Å²) in [6.45, 7) is 9.07. The van der Waals surface area contributed by atoms with E-state index in [-0.39, 0.29) is 5.75 Å². The lowest BCUT2D eigenvalue weighted by molar-refractivity contribution is 0.153. The number of ether oxygens (including phenoxy) is 1. The van der Waals surface area contributed by atoms with Crippen molar-refractivity contribution in [3.05, 3.63) is 59.2 Å². The van der Waals surface area contributed by atoms with E-state index < -0.39 is 0 Å². The summed E-state index contributed by atoms with van der Waals surface area (Å²) in [4.78, 5) is 4.39. The quantitative estimate of drug-likeness (QED) is 0.641. The van der Waals surface area contributed by atoms with Gasteiger partial charge in [0.1, 0.15) is 23.9 Å². The number of hydrogen-bond acceptors (Lipinski definition) is 4. The second-order valence-electron chi connectivity index (χ2n) is 6.76. The zero-order valence-corrected chi connectivity index (χ0v) is 15.5. The first-order chi connectivity index (χ1) is 12.6. The van der Waals surface area contributed by atoms with E-state index in [1.165, 1.54) is 11.1 Å². The number of aromatic hydroxyl groups is 1. The maximum Gasteiger partial charge on any atom is 0.131 e. The van der Waals surface area contributed by atoms with Crippen molar-refractivity contribution in [1.82, 2.24) is 9.80 Å². The summed E-state index contributed by atoms with van der Waals surface area (Å²) in [6, 6.07) is 13.3. The monoisotopic (exact) mass is 353 g/mol. The van der Waals surface area contributed by atoms with Crippen LogP contribution in [0.5, 0.6) is 11.5 Å². The molecule has 0 radical (unpaired) electrons. The molecule has 1 aliphatic rings. The molecular formula is C21H27N3O2. The van der Waals surface area contributed by atoms with Gasteiger partial charge in [0.15, 0.2) is 0 Å². The number of nitrogens with zero attached hydrogens (tertiary/aromatic N) is 2. The molecule has 2 aromatic carbocycles. The molecule has 2 N–H and O–H groups in total. The fraction of sp³-hybridized carbons (Fsp3) is 0.381. The van der Waals surface area contributed by atoms with Crippen molar-refractivity contribution in [3.63, 3.8) is 0 Å². The Hall–Kier alpha value is -2.53. The van der Waals surface area contributed by atoms with Crippen molar-refractivity contribution in [2.45, 2.75) is 13.8 Å². The smallest absolute Gasteiger partial charge is 0.131 e. The standard InChI is InChI=1S/C21H27N3O2/c1-16-6-5-7-17(2)20(16)26-15-14-23-10-12-24(13-11-23)21(22)18-8-3-4-9-19(18)25/h3-9,22,25H,10-15H2,1-2H3. The highest BCUT2D eigenvalue weighted by molar-refractivity contribution is 5.98. The predicted molar refractivity (Wildman–Crippen MR) is 104 cm³/mol. The third kappa shape index (κ3) is 4.17. The maximum absolute atomic E-state index is 9.94. The third-order valence-electron chi connectivity index (χ3n) is 4.91. The SMILES string of the molecule is Cc1cccc(C)c1OCCN1CCN(C(=N)c2ccccc2O)CC1. The molecular weight excluding hydrogens is 326 g/mol. The zero-order valence-electron chi connectivity index (χ0n) is 15.5. The van der Waals surface area contributed by atoms with Crippen molar-refractivity contribution in [3.8, 4) is 11.5 Å². The van der Waals surface area contributed by atoms with Crippen LogP contribution in [-0.4, -0.2) is 60.1 Å². The number of rotatable bonds is 5. The minimum Gasteiger partial charge on any atom is -0.507 e. The van der Waals surface area contributed by atoms with E-state index in [2.05, 4.69) is 36.9 Å². The molecule has 0 spiro atoms. The summed E-state index contributed by atoms with van der Waals surface area (Å²) in [5.41, 5.74) is 2.94. The van der Waals surface area contributed by atoms with E-state index in [1.807, 2.05) is 11.0 Å². The van der Waals surface area contributed by atoms with Crippen molar-refractivity contribution >= 4 is 5.84 Å². The molecule has 138 valence electrons. The topological polar surface area (TPSA) is 59.8 Å². The van der Waals surface area contributed by atoms with Crippen molar-refractivity contribution in [1.29, 1.82) is 5.41 Å². The summed E-state index contributed by atoms with van der Waals surface area (Å²) in [6.07, 6.45) is 0.